The summed E-state index contributed by atoms with van der Waals surface area (Å²) in [4.78, 5) is 26.4. The van der Waals surface area contributed by atoms with Crippen LogP contribution in [-0.4, -0.2) is 64.8 Å². The summed E-state index contributed by atoms with van der Waals surface area (Å²) < 4.78 is 18.0. The Hall–Kier alpha value is -1.93. The Morgan fingerprint density at radius 3 is 2.30 bits per heavy atom. The lowest BCUT2D eigenvalue weighted by Crippen LogP contribution is -2.42. The topological polar surface area (TPSA) is 82.9 Å². The number of ether oxygens (including phenoxy) is 3. The van der Waals surface area contributed by atoms with Gasteiger partial charge >= 0.3 is 6.09 Å². The van der Waals surface area contributed by atoms with Crippen LogP contribution in [0.5, 0.6) is 0 Å². The lowest BCUT2D eigenvalue weighted by molar-refractivity contribution is -0.107. The van der Waals surface area contributed by atoms with E-state index in [9.17, 15) is 9.59 Å². The lowest BCUT2D eigenvalue weighted by Gasteiger charge is -2.33. The van der Waals surface area contributed by atoms with Crippen LogP contribution in [0.1, 0.15) is 63.9 Å². The smallest absolute Gasteiger partial charge is 0.410 e. The van der Waals surface area contributed by atoms with Gasteiger partial charge < -0.3 is 19.1 Å². The fourth-order valence-corrected chi connectivity index (χ4v) is 2.94. The fourth-order valence-electron chi connectivity index (χ4n) is 2.94. The van der Waals surface area contributed by atoms with E-state index < -0.39 is 11.9 Å². The molecule has 0 bridgehead atoms. The SMILES string of the molecule is CCOC(OCC)C(=O)c1cnn(C2CCN(C(=O)OC(C)(C)C)CC2)c1. The third-order valence-corrected chi connectivity index (χ3v) is 4.23. The maximum Gasteiger partial charge on any atom is 0.410 e. The third-order valence-electron chi connectivity index (χ3n) is 4.23. The second-order valence-electron chi connectivity index (χ2n) is 7.51. The van der Waals surface area contributed by atoms with Crippen LogP contribution in [0.3, 0.4) is 0 Å². The molecule has 0 atom stereocenters. The molecule has 0 radical (unpaired) electrons. The van der Waals surface area contributed by atoms with Crippen molar-refractivity contribution in [1.82, 2.24) is 14.7 Å². The number of hydrogen-bond acceptors (Lipinski definition) is 6. The lowest BCUT2D eigenvalue weighted by atomic mass is 10.1. The summed E-state index contributed by atoms with van der Waals surface area (Å²) in [5, 5.41) is 4.34. The zero-order chi connectivity index (χ0) is 20.0. The zero-order valence-electron chi connectivity index (χ0n) is 16.9. The molecule has 1 aliphatic heterocycles. The Morgan fingerprint density at radius 1 is 1.19 bits per heavy atom. The molecule has 1 aromatic heterocycles. The van der Waals surface area contributed by atoms with Crippen molar-refractivity contribution in [3.8, 4) is 0 Å². The van der Waals surface area contributed by atoms with Crippen molar-refractivity contribution in [3.63, 3.8) is 0 Å². The van der Waals surface area contributed by atoms with Crippen molar-refractivity contribution in [2.24, 2.45) is 0 Å². The van der Waals surface area contributed by atoms with E-state index >= 15 is 0 Å². The van der Waals surface area contributed by atoms with Gasteiger partial charge in [0.15, 0.2) is 0 Å². The van der Waals surface area contributed by atoms with Gasteiger partial charge in [0, 0.05) is 32.5 Å². The number of aromatic nitrogens is 2. The quantitative estimate of drug-likeness (QED) is 0.533. The Labute approximate surface area is 160 Å². The van der Waals surface area contributed by atoms with Crippen molar-refractivity contribution < 1.29 is 23.8 Å². The number of Topliss-reactive ketones (excluding diaryl/α,β-unsaturated/α-hetero) is 1. The van der Waals surface area contributed by atoms with E-state index in [4.69, 9.17) is 14.2 Å². The molecule has 1 amide bonds. The molecule has 0 aromatic carbocycles. The van der Waals surface area contributed by atoms with Gasteiger partial charge in [-0.3, -0.25) is 9.48 Å². The summed E-state index contributed by atoms with van der Waals surface area (Å²) in [6.07, 6.45) is 3.62. The Balaban J connectivity index is 1.94. The van der Waals surface area contributed by atoms with E-state index in [2.05, 4.69) is 5.10 Å². The molecule has 1 aliphatic rings. The van der Waals surface area contributed by atoms with Crippen LogP contribution in [0.25, 0.3) is 0 Å². The summed E-state index contributed by atoms with van der Waals surface area (Å²) in [5.74, 6) is -0.226. The van der Waals surface area contributed by atoms with Gasteiger partial charge in [0.05, 0.1) is 17.8 Å². The molecule has 27 heavy (non-hydrogen) atoms. The number of amides is 1. The Morgan fingerprint density at radius 2 is 1.78 bits per heavy atom. The van der Waals surface area contributed by atoms with E-state index in [1.165, 1.54) is 0 Å². The number of nitrogens with zero attached hydrogens (tertiary/aromatic N) is 3. The number of likely N-dealkylation sites (tertiary alicyclic amines) is 1. The van der Waals surface area contributed by atoms with Gasteiger partial charge in [-0.25, -0.2) is 4.79 Å². The van der Waals surface area contributed by atoms with Crippen LogP contribution in [0, 0.1) is 0 Å². The van der Waals surface area contributed by atoms with E-state index in [0.29, 0.717) is 31.9 Å². The summed E-state index contributed by atoms with van der Waals surface area (Å²) in [7, 11) is 0. The minimum Gasteiger partial charge on any atom is -0.444 e. The van der Waals surface area contributed by atoms with Gasteiger partial charge in [-0.1, -0.05) is 0 Å². The standard InChI is InChI=1S/C19H31N3O5/c1-6-25-17(26-7-2)16(23)14-12-20-22(13-14)15-8-10-21(11-9-15)18(24)27-19(3,4)5/h12-13,15,17H,6-11H2,1-5H3. The van der Waals surface area contributed by atoms with Gasteiger partial charge in [-0.2, -0.15) is 5.10 Å². The second-order valence-corrected chi connectivity index (χ2v) is 7.51. The first-order valence-corrected chi connectivity index (χ1v) is 9.54. The molecule has 1 saturated heterocycles. The third kappa shape index (κ3) is 6.04. The molecule has 0 aliphatic carbocycles. The summed E-state index contributed by atoms with van der Waals surface area (Å²) >= 11 is 0. The van der Waals surface area contributed by atoms with Gasteiger partial charge in [-0.15, -0.1) is 0 Å². The normalized spacial score (nSPS) is 16.0. The molecule has 0 unspecified atom stereocenters. The average molecular weight is 381 g/mol. The van der Waals surface area contributed by atoms with Crippen LogP contribution < -0.4 is 0 Å². The van der Waals surface area contributed by atoms with Gasteiger partial charge in [-0.05, 0) is 47.5 Å². The number of hydrogen-bond donors (Lipinski definition) is 0. The van der Waals surface area contributed by atoms with Crippen LogP contribution in [0.4, 0.5) is 4.79 Å². The summed E-state index contributed by atoms with van der Waals surface area (Å²) in [5.41, 5.74) is -0.0282. The van der Waals surface area contributed by atoms with Gasteiger partial charge in [0.25, 0.3) is 0 Å². The molecule has 8 heteroatoms. The van der Waals surface area contributed by atoms with Crippen molar-refractivity contribution in [3.05, 3.63) is 18.0 Å². The summed E-state index contributed by atoms with van der Waals surface area (Å²) in [6, 6.07) is 0.142. The second kappa shape index (κ2) is 9.32. The minimum atomic E-state index is -0.897. The average Bonchev–Trinajstić information content (AvgIpc) is 3.09. The van der Waals surface area contributed by atoms with Crippen LogP contribution >= 0.6 is 0 Å². The first-order chi connectivity index (χ1) is 12.7. The number of carbonyl (C=O) groups excluding carboxylic acids is 2. The molecular weight excluding hydrogens is 350 g/mol. The monoisotopic (exact) mass is 381 g/mol. The van der Waals surface area contributed by atoms with Crippen LogP contribution in [-0.2, 0) is 14.2 Å². The molecule has 2 rings (SSSR count). The van der Waals surface area contributed by atoms with Crippen molar-refractivity contribution in [2.45, 2.75) is 65.4 Å². The molecule has 0 saturated carbocycles. The van der Waals surface area contributed by atoms with Crippen LogP contribution in [0.15, 0.2) is 12.4 Å². The van der Waals surface area contributed by atoms with Gasteiger partial charge in [0.2, 0.25) is 12.1 Å². The van der Waals surface area contributed by atoms with Gasteiger partial charge in [0.1, 0.15) is 5.60 Å². The maximum absolute atomic E-state index is 12.5. The van der Waals surface area contributed by atoms with E-state index in [1.54, 1.807) is 22.0 Å². The van der Waals surface area contributed by atoms with Crippen molar-refractivity contribution in [2.75, 3.05) is 26.3 Å². The fraction of sp³-hybridized carbons (Fsp3) is 0.737. The number of carbonyl (C=O) groups is 2. The van der Waals surface area contributed by atoms with Crippen LogP contribution in [0.2, 0.25) is 0 Å². The molecular formula is C19H31N3O5. The highest BCUT2D eigenvalue weighted by atomic mass is 16.7. The predicted octanol–water partition coefficient (Wildman–Crippen LogP) is 3.04. The molecule has 152 valence electrons. The molecule has 1 fully saturated rings. The first kappa shape index (κ1) is 21.4. The number of rotatable bonds is 7. The highest BCUT2D eigenvalue weighted by Crippen LogP contribution is 2.24. The first-order valence-electron chi connectivity index (χ1n) is 9.54. The number of piperidine rings is 1. The molecule has 0 N–H and O–H groups in total. The zero-order valence-corrected chi connectivity index (χ0v) is 16.9. The molecule has 2 heterocycles. The largest absolute Gasteiger partial charge is 0.444 e. The van der Waals surface area contributed by atoms with Crippen molar-refractivity contribution >= 4 is 11.9 Å². The predicted molar refractivity (Wildman–Crippen MR) is 99.7 cm³/mol. The van der Waals surface area contributed by atoms with Crippen molar-refractivity contribution in [1.29, 1.82) is 0 Å². The Bertz CT molecular complexity index is 624. The highest BCUT2D eigenvalue weighted by Gasteiger charge is 2.29. The number of ketones is 1. The molecule has 1 aromatic rings. The van der Waals surface area contributed by atoms with E-state index in [-0.39, 0.29) is 17.9 Å². The Kier molecular flexibility index (Phi) is 7.38. The minimum absolute atomic E-state index is 0.142. The van der Waals surface area contributed by atoms with E-state index in [0.717, 1.165) is 12.8 Å². The maximum atomic E-state index is 12.5. The summed E-state index contributed by atoms with van der Waals surface area (Å²) in [6.45, 7) is 11.2. The highest BCUT2D eigenvalue weighted by molar-refractivity contribution is 5.98. The molecule has 0 spiro atoms. The van der Waals surface area contributed by atoms with E-state index in [1.807, 2.05) is 34.6 Å². The molecule has 8 nitrogen and oxygen atoms in total.